The molecule has 8 heteroatoms. The Hall–Kier alpha value is -3.94. The largest absolute Gasteiger partial charge is 0.493 e. The third-order valence-electron chi connectivity index (χ3n) is 4.32. The van der Waals surface area contributed by atoms with Crippen molar-refractivity contribution in [1.82, 2.24) is 14.7 Å². The second-order valence-corrected chi connectivity index (χ2v) is 5.97. The Morgan fingerprint density at radius 1 is 0.964 bits per heavy atom. The van der Waals surface area contributed by atoms with E-state index in [0.717, 1.165) is 10.6 Å². The molecule has 2 heterocycles. The van der Waals surface area contributed by atoms with Crippen LogP contribution in [0.3, 0.4) is 0 Å². The first-order valence-corrected chi connectivity index (χ1v) is 8.41. The summed E-state index contributed by atoms with van der Waals surface area (Å²) >= 11 is 0. The summed E-state index contributed by atoms with van der Waals surface area (Å²) in [5.41, 5.74) is 1.26. The Bertz CT molecular complexity index is 1040. The molecule has 28 heavy (non-hydrogen) atoms. The average Bonchev–Trinajstić information content (AvgIpc) is 3.27. The average molecular weight is 377 g/mol. The van der Waals surface area contributed by atoms with Gasteiger partial charge in [-0.25, -0.2) is 14.4 Å². The maximum atomic E-state index is 12.5. The van der Waals surface area contributed by atoms with Gasteiger partial charge in [-0.1, -0.05) is 30.3 Å². The number of imide groups is 1. The van der Waals surface area contributed by atoms with Gasteiger partial charge in [-0.05, 0) is 24.3 Å². The number of amides is 2. The van der Waals surface area contributed by atoms with E-state index in [4.69, 9.17) is 9.47 Å². The third-order valence-corrected chi connectivity index (χ3v) is 4.32. The summed E-state index contributed by atoms with van der Waals surface area (Å²) in [6.07, 6.45) is 1.55. The van der Waals surface area contributed by atoms with Crippen molar-refractivity contribution < 1.29 is 23.9 Å². The maximum Gasteiger partial charge on any atom is 0.364 e. The van der Waals surface area contributed by atoms with Gasteiger partial charge in [0.1, 0.15) is 0 Å². The van der Waals surface area contributed by atoms with Gasteiger partial charge in [-0.15, -0.1) is 0 Å². The van der Waals surface area contributed by atoms with Gasteiger partial charge >= 0.3 is 5.97 Å². The molecule has 140 valence electrons. The lowest BCUT2D eigenvalue weighted by atomic mass is 10.1. The highest BCUT2D eigenvalue weighted by atomic mass is 16.5. The van der Waals surface area contributed by atoms with Crippen LogP contribution in [0.4, 0.5) is 0 Å². The predicted molar refractivity (Wildman–Crippen MR) is 97.3 cm³/mol. The van der Waals surface area contributed by atoms with E-state index in [1.165, 1.54) is 11.8 Å². The smallest absolute Gasteiger partial charge is 0.364 e. The summed E-state index contributed by atoms with van der Waals surface area (Å²) < 4.78 is 11.9. The van der Waals surface area contributed by atoms with Gasteiger partial charge in [0.15, 0.2) is 12.5 Å². The highest BCUT2D eigenvalue weighted by Gasteiger charge is 2.36. The first kappa shape index (κ1) is 17.5. The van der Waals surface area contributed by atoms with Crippen LogP contribution in [-0.2, 0) is 4.74 Å². The molecule has 4 rings (SSSR count). The summed E-state index contributed by atoms with van der Waals surface area (Å²) in [7, 11) is 1.41. The SMILES string of the molecule is COc1cn(-c2ccccc2)nc1C(=O)OCN1C(=O)c2ccccc2C1=O. The van der Waals surface area contributed by atoms with Crippen molar-refractivity contribution in [3.63, 3.8) is 0 Å². The zero-order valence-electron chi connectivity index (χ0n) is 14.9. The zero-order chi connectivity index (χ0) is 19.7. The number of fused-ring (bicyclic) bond motifs is 1. The molecule has 0 saturated heterocycles. The Labute approximate surface area is 159 Å². The van der Waals surface area contributed by atoms with Crippen molar-refractivity contribution in [3.8, 4) is 11.4 Å². The van der Waals surface area contributed by atoms with Crippen LogP contribution in [0.1, 0.15) is 31.2 Å². The summed E-state index contributed by atoms with van der Waals surface area (Å²) in [6, 6.07) is 15.6. The molecule has 1 aliphatic rings. The summed E-state index contributed by atoms with van der Waals surface area (Å²) in [5, 5.41) is 4.20. The van der Waals surface area contributed by atoms with Crippen LogP contribution in [0.15, 0.2) is 60.8 Å². The Kier molecular flexibility index (Phi) is 4.36. The number of carbonyl (C=O) groups is 3. The second-order valence-electron chi connectivity index (χ2n) is 5.97. The fourth-order valence-electron chi connectivity index (χ4n) is 2.91. The summed E-state index contributed by atoms with van der Waals surface area (Å²) in [6.45, 7) is -0.507. The van der Waals surface area contributed by atoms with Crippen LogP contribution in [0.5, 0.6) is 5.75 Å². The monoisotopic (exact) mass is 377 g/mol. The molecule has 2 aromatic carbocycles. The minimum absolute atomic E-state index is 0.0528. The van der Waals surface area contributed by atoms with Crippen molar-refractivity contribution in [2.45, 2.75) is 0 Å². The molecular formula is C20H15N3O5. The number of benzene rings is 2. The Morgan fingerprint density at radius 3 is 2.18 bits per heavy atom. The number of esters is 1. The van der Waals surface area contributed by atoms with Crippen molar-refractivity contribution in [3.05, 3.63) is 77.6 Å². The minimum atomic E-state index is -0.803. The van der Waals surface area contributed by atoms with Crippen molar-refractivity contribution in [2.24, 2.45) is 0 Å². The number of nitrogens with zero attached hydrogens (tertiary/aromatic N) is 3. The fourth-order valence-corrected chi connectivity index (χ4v) is 2.91. The van der Waals surface area contributed by atoms with Crippen molar-refractivity contribution in [2.75, 3.05) is 13.8 Å². The quantitative estimate of drug-likeness (QED) is 0.501. The molecule has 0 spiro atoms. The normalized spacial score (nSPS) is 12.8. The van der Waals surface area contributed by atoms with Gasteiger partial charge in [0.25, 0.3) is 11.8 Å². The van der Waals surface area contributed by atoms with Crippen molar-refractivity contribution in [1.29, 1.82) is 0 Å². The van der Waals surface area contributed by atoms with E-state index in [0.29, 0.717) is 0 Å². The molecule has 3 aromatic rings. The van der Waals surface area contributed by atoms with E-state index in [1.807, 2.05) is 30.3 Å². The minimum Gasteiger partial charge on any atom is -0.493 e. The van der Waals surface area contributed by atoms with Gasteiger partial charge in [-0.2, -0.15) is 5.10 Å². The van der Waals surface area contributed by atoms with Gasteiger partial charge in [0, 0.05) is 0 Å². The predicted octanol–water partition coefficient (Wildman–Crippen LogP) is 2.29. The van der Waals surface area contributed by atoms with Crippen LogP contribution < -0.4 is 4.74 Å². The first-order valence-electron chi connectivity index (χ1n) is 8.41. The molecule has 8 nitrogen and oxygen atoms in total. The molecule has 1 aliphatic heterocycles. The van der Waals surface area contributed by atoms with E-state index in [9.17, 15) is 14.4 Å². The van der Waals surface area contributed by atoms with E-state index in [1.54, 1.807) is 30.5 Å². The highest BCUT2D eigenvalue weighted by molar-refractivity contribution is 6.21. The molecule has 0 unspecified atom stereocenters. The third kappa shape index (κ3) is 2.90. The number of rotatable bonds is 5. The van der Waals surface area contributed by atoms with Crippen LogP contribution in [0.25, 0.3) is 5.69 Å². The fraction of sp³-hybridized carbons (Fsp3) is 0.100. The number of hydrogen-bond donors (Lipinski definition) is 0. The maximum absolute atomic E-state index is 12.5. The lowest BCUT2D eigenvalue weighted by Crippen LogP contribution is -2.33. The van der Waals surface area contributed by atoms with Gasteiger partial charge in [0.2, 0.25) is 5.69 Å². The van der Waals surface area contributed by atoms with E-state index in [2.05, 4.69) is 5.10 Å². The first-order chi connectivity index (χ1) is 13.6. The van der Waals surface area contributed by atoms with Crippen molar-refractivity contribution >= 4 is 17.8 Å². The van der Waals surface area contributed by atoms with Gasteiger partial charge in [0.05, 0.1) is 30.1 Å². The van der Waals surface area contributed by atoms with Gasteiger partial charge < -0.3 is 9.47 Å². The number of para-hydroxylation sites is 1. The topological polar surface area (TPSA) is 90.7 Å². The Morgan fingerprint density at radius 2 is 1.57 bits per heavy atom. The second kappa shape index (κ2) is 6.99. The molecule has 1 aromatic heterocycles. The number of methoxy groups -OCH3 is 1. The van der Waals surface area contributed by atoms with Crippen LogP contribution in [0.2, 0.25) is 0 Å². The molecule has 0 bridgehead atoms. The van der Waals surface area contributed by atoms with E-state index >= 15 is 0 Å². The molecular weight excluding hydrogens is 362 g/mol. The number of carbonyl (C=O) groups excluding carboxylic acids is 3. The molecule has 0 atom stereocenters. The molecule has 0 saturated carbocycles. The number of aromatic nitrogens is 2. The molecule has 0 radical (unpaired) electrons. The van der Waals surface area contributed by atoms with Crippen LogP contribution >= 0.6 is 0 Å². The standard InChI is InChI=1S/C20H15N3O5/c1-27-16-11-23(13-7-3-2-4-8-13)21-17(16)20(26)28-12-22-18(24)14-9-5-6-10-15(14)19(22)25/h2-11H,12H2,1H3. The molecule has 0 aliphatic carbocycles. The molecule has 2 amide bonds. The molecule has 0 fully saturated rings. The number of hydrogen-bond acceptors (Lipinski definition) is 6. The van der Waals surface area contributed by atoms with E-state index < -0.39 is 24.5 Å². The van der Waals surface area contributed by atoms with Gasteiger partial charge in [-0.3, -0.25) is 9.59 Å². The number of ether oxygens (including phenoxy) is 2. The van der Waals surface area contributed by atoms with Crippen LogP contribution in [0, 0.1) is 0 Å². The highest BCUT2D eigenvalue weighted by Crippen LogP contribution is 2.24. The molecule has 0 N–H and O–H groups in total. The lowest BCUT2D eigenvalue weighted by molar-refractivity contribution is 0.0221. The van der Waals surface area contributed by atoms with E-state index in [-0.39, 0.29) is 22.6 Å². The summed E-state index contributed by atoms with van der Waals surface area (Å²) in [5.74, 6) is -1.59. The summed E-state index contributed by atoms with van der Waals surface area (Å²) in [4.78, 5) is 38.0. The Balaban J connectivity index is 1.51. The lowest BCUT2D eigenvalue weighted by Gasteiger charge is -2.13. The van der Waals surface area contributed by atoms with Crippen LogP contribution in [-0.4, -0.2) is 46.3 Å². The zero-order valence-corrected chi connectivity index (χ0v) is 14.9.